The molecule has 1 aromatic rings. The number of aryl methyl sites for hydroxylation is 1. The smallest absolute Gasteiger partial charge is 0.126 e. The van der Waals surface area contributed by atoms with Crippen LogP contribution < -0.4 is 10.6 Å². The Morgan fingerprint density at radius 3 is 2.31 bits per heavy atom. The van der Waals surface area contributed by atoms with Crippen molar-refractivity contribution in [3.63, 3.8) is 0 Å². The molecule has 2 N–H and O–H groups in total. The second kappa shape index (κ2) is 4.42. The highest BCUT2D eigenvalue weighted by molar-refractivity contribution is 5.48. The molecule has 0 amide bonds. The van der Waals surface area contributed by atoms with Gasteiger partial charge < -0.3 is 10.6 Å². The summed E-state index contributed by atoms with van der Waals surface area (Å²) in [5.74, 6) is 0. The predicted octanol–water partition coefficient (Wildman–Crippen LogP) is 2.26. The molecule has 1 fully saturated rings. The molecule has 2 rings (SSSR count). The van der Waals surface area contributed by atoms with Crippen LogP contribution >= 0.6 is 0 Å². The molecule has 1 saturated heterocycles. The molecule has 2 nitrogen and oxygen atoms in total. The van der Waals surface area contributed by atoms with E-state index < -0.39 is 5.67 Å². The number of anilines is 1. The molecule has 88 valence electrons. The number of alkyl halides is 1. The van der Waals surface area contributed by atoms with E-state index in [4.69, 9.17) is 5.73 Å². The Hall–Kier alpha value is -1.09. The summed E-state index contributed by atoms with van der Waals surface area (Å²) in [7, 11) is 0. The number of benzene rings is 1. The molecular formula is C13H19FN2. The van der Waals surface area contributed by atoms with Gasteiger partial charge in [-0.25, -0.2) is 4.39 Å². The first-order valence-corrected chi connectivity index (χ1v) is 5.84. The van der Waals surface area contributed by atoms with Gasteiger partial charge in [0, 0.05) is 38.2 Å². The van der Waals surface area contributed by atoms with Gasteiger partial charge in [-0.05, 0) is 19.1 Å². The van der Waals surface area contributed by atoms with Crippen molar-refractivity contribution in [2.75, 3.05) is 24.5 Å². The molecule has 16 heavy (non-hydrogen) atoms. The van der Waals surface area contributed by atoms with Crippen LogP contribution in [0.1, 0.15) is 18.4 Å². The fourth-order valence-electron chi connectivity index (χ4n) is 2.13. The van der Waals surface area contributed by atoms with Crippen molar-refractivity contribution < 1.29 is 4.39 Å². The Labute approximate surface area is 96.2 Å². The zero-order valence-electron chi connectivity index (χ0n) is 9.75. The van der Waals surface area contributed by atoms with Gasteiger partial charge in [-0.3, -0.25) is 0 Å². The standard InChI is InChI=1S/C13H19FN2/c1-11-2-4-12(5-3-11)16-8-6-13(14,10-15)7-9-16/h2-5H,6-10,15H2,1H3. The molecule has 0 saturated carbocycles. The highest BCUT2D eigenvalue weighted by atomic mass is 19.1. The van der Waals surface area contributed by atoms with Crippen LogP contribution in [0.3, 0.4) is 0 Å². The lowest BCUT2D eigenvalue weighted by atomic mass is 9.93. The number of rotatable bonds is 2. The predicted molar refractivity (Wildman–Crippen MR) is 65.5 cm³/mol. The van der Waals surface area contributed by atoms with Crippen LogP contribution in [0.4, 0.5) is 10.1 Å². The van der Waals surface area contributed by atoms with E-state index in [2.05, 4.69) is 36.1 Å². The minimum absolute atomic E-state index is 0.148. The van der Waals surface area contributed by atoms with Gasteiger partial charge in [-0.1, -0.05) is 17.7 Å². The van der Waals surface area contributed by atoms with E-state index in [1.165, 1.54) is 11.3 Å². The molecule has 0 spiro atoms. The van der Waals surface area contributed by atoms with Crippen LogP contribution in [0.25, 0.3) is 0 Å². The molecule has 0 radical (unpaired) electrons. The van der Waals surface area contributed by atoms with Gasteiger partial charge in [-0.15, -0.1) is 0 Å². The molecule has 0 bridgehead atoms. The van der Waals surface area contributed by atoms with Crippen LogP contribution in [0.2, 0.25) is 0 Å². The van der Waals surface area contributed by atoms with Crippen LogP contribution in [0.15, 0.2) is 24.3 Å². The van der Waals surface area contributed by atoms with Crippen LogP contribution in [0.5, 0.6) is 0 Å². The summed E-state index contributed by atoms with van der Waals surface area (Å²) in [5.41, 5.74) is 6.75. The largest absolute Gasteiger partial charge is 0.371 e. The summed E-state index contributed by atoms with van der Waals surface area (Å²) in [4.78, 5) is 2.23. The maximum atomic E-state index is 13.9. The normalized spacial score (nSPS) is 19.8. The number of nitrogens with zero attached hydrogens (tertiary/aromatic N) is 1. The second-order valence-corrected chi connectivity index (χ2v) is 4.68. The van der Waals surface area contributed by atoms with E-state index in [0.717, 1.165) is 13.1 Å². The molecule has 1 aliphatic rings. The van der Waals surface area contributed by atoms with Crippen LogP contribution in [-0.2, 0) is 0 Å². The summed E-state index contributed by atoms with van der Waals surface area (Å²) < 4.78 is 13.9. The Morgan fingerprint density at radius 2 is 1.81 bits per heavy atom. The molecule has 1 aromatic carbocycles. The Bertz CT molecular complexity index is 339. The Balaban J connectivity index is 2.01. The van der Waals surface area contributed by atoms with Crippen molar-refractivity contribution in [3.8, 4) is 0 Å². The van der Waals surface area contributed by atoms with E-state index >= 15 is 0 Å². The van der Waals surface area contributed by atoms with Crippen LogP contribution in [-0.4, -0.2) is 25.3 Å². The third kappa shape index (κ3) is 2.35. The third-order valence-electron chi connectivity index (χ3n) is 3.42. The third-order valence-corrected chi connectivity index (χ3v) is 3.42. The fraction of sp³-hybridized carbons (Fsp3) is 0.538. The zero-order chi connectivity index (χ0) is 11.6. The number of nitrogens with two attached hydrogens (primary N) is 1. The van der Waals surface area contributed by atoms with Crippen molar-refractivity contribution in [1.82, 2.24) is 0 Å². The molecule has 1 aliphatic heterocycles. The average Bonchev–Trinajstić information content (AvgIpc) is 2.32. The first kappa shape index (κ1) is 11.4. The van der Waals surface area contributed by atoms with Crippen LogP contribution in [0, 0.1) is 6.92 Å². The lowest BCUT2D eigenvalue weighted by Gasteiger charge is -2.37. The van der Waals surface area contributed by atoms with E-state index in [9.17, 15) is 4.39 Å². The Morgan fingerprint density at radius 1 is 1.25 bits per heavy atom. The molecule has 0 atom stereocenters. The first-order valence-electron chi connectivity index (χ1n) is 5.84. The molecule has 1 heterocycles. The fourth-order valence-corrected chi connectivity index (χ4v) is 2.13. The number of halogens is 1. The van der Waals surface area contributed by atoms with Gasteiger partial charge in [0.15, 0.2) is 0 Å². The summed E-state index contributed by atoms with van der Waals surface area (Å²) in [6, 6.07) is 8.39. The summed E-state index contributed by atoms with van der Waals surface area (Å²) >= 11 is 0. The highest BCUT2D eigenvalue weighted by Crippen LogP contribution is 2.28. The second-order valence-electron chi connectivity index (χ2n) is 4.68. The maximum Gasteiger partial charge on any atom is 0.126 e. The van der Waals surface area contributed by atoms with Gasteiger partial charge >= 0.3 is 0 Å². The lowest BCUT2D eigenvalue weighted by Crippen LogP contribution is -2.45. The number of piperidine rings is 1. The van der Waals surface area contributed by atoms with Crippen molar-refractivity contribution in [2.24, 2.45) is 5.73 Å². The van der Waals surface area contributed by atoms with Crippen molar-refractivity contribution >= 4 is 5.69 Å². The Kier molecular flexibility index (Phi) is 3.15. The van der Waals surface area contributed by atoms with Crippen molar-refractivity contribution in [1.29, 1.82) is 0 Å². The molecule has 0 aliphatic carbocycles. The van der Waals surface area contributed by atoms with Gasteiger partial charge in [0.2, 0.25) is 0 Å². The SMILES string of the molecule is Cc1ccc(N2CCC(F)(CN)CC2)cc1. The minimum atomic E-state index is -1.14. The van der Waals surface area contributed by atoms with E-state index in [1.54, 1.807) is 0 Å². The number of hydrogen-bond acceptors (Lipinski definition) is 2. The van der Waals surface area contributed by atoms with E-state index in [1.807, 2.05) is 0 Å². The highest BCUT2D eigenvalue weighted by Gasteiger charge is 2.32. The van der Waals surface area contributed by atoms with Gasteiger partial charge in [-0.2, -0.15) is 0 Å². The number of hydrogen-bond donors (Lipinski definition) is 1. The van der Waals surface area contributed by atoms with Gasteiger partial charge in [0.05, 0.1) is 0 Å². The summed E-state index contributed by atoms with van der Waals surface area (Å²) in [6.07, 6.45) is 1.08. The van der Waals surface area contributed by atoms with Gasteiger partial charge in [0.25, 0.3) is 0 Å². The summed E-state index contributed by atoms with van der Waals surface area (Å²) in [6.45, 7) is 3.74. The molecule has 0 unspecified atom stereocenters. The maximum absolute atomic E-state index is 13.9. The monoisotopic (exact) mass is 222 g/mol. The molecular weight excluding hydrogens is 203 g/mol. The van der Waals surface area contributed by atoms with E-state index in [-0.39, 0.29) is 6.54 Å². The molecule has 3 heteroatoms. The zero-order valence-corrected chi connectivity index (χ0v) is 9.75. The van der Waals surface area contributed by atoms with Gasteiger partial charge in [0.1, 0.15) is 5.67 Å². The van der Waals surface area contributed by atoms with Crippen molar-refractivity contribution in [2.45, 2.75) is 25.4 Å². The molecule has 0 aromatic heterocycles. The summed E-state index contributed by atoms with van der Waals surface area (Å²) in [5, 5.41) is 0. The van der Waals surface area contributed by atoms with Crippen molar-refractivity contribution in [3.05, 3.63) is 29.8 Å². The lowest BCUT2D eigenvalue weighted by molar-refractivity contribution is 0.135. The van der Waals surface area contributed by atoms with E-state index in [0.29, 0.717) is 12.8 Å². The first-order chi connectivity index (χ1) is 7.63. The minimum Gasteiger partial charge on any atom is -0.371 e. The quantitative estimate of drug-likeness (QED) is 0.831. The topological polar surface area (TPSA) is 29.3 Å². The average molecular weight is 222 g/mol.